The molecule has 2 aliphatic heterocycles. The Morgan fingerprint density at radius 3 is 2.07 bits per heavy atom. The van der Waals surface area contributed by atoms with Gasteiger partial charge in [-0.3, -0.25) is 19.3 Å². The Kier molecular flexibility index (Phi) is 6.02. The first-order valence-corrected chi connectivity index (χ1v) is 9.77. The lowest BCUT2D eigenvalue weighted by molar-refractivity contribution is -0.160. The second kappa shape index (κ2) is 8.32. The third-order valence-corrected chi connectivity index (χ3v) is 5.09. The minimum absolute atomic E-state index is 0.0971. The van der Waals surface area contributed by atoms with E-state index in [1.807, 2.05) is 13.8 Å². The zero-order chi connectivity index (χ0) is 21.3. The fourth-order valence-electron chi connectivity index (χ4n) is 3.83. The molecule has 1 fully saturated rings. The summed E-state index contributed by atoms with van der Waals surface area (Å²) in [6, 6.07) is 5.35. The molecule has 1 saturated heterocycles. The fraction of sp³-hybridized carbons (Fsp3) is 0.524. The van der Waals surface area contributed by atoms with Crippen molar-refractivity contribution >= 4 is 23.7 Å². The van der Waals surface area contributed by atoms with E-state index in [0.29, 0.717) is 13.1 Å². The van der Waals surface area contributed by atoms with Crippen LogP contribution in [0.4, 0.5) is 0 Å². The normalized spacial score (nSPS) is 22.7. The summed E-state index contributed by atoms with van der Waals surface area (Å²) < 4.78 is 10.8. The maximum atomic E-state index is 12.8. The number of fused-ring (bicyclic) bond motifs is 1. The number of ether oxygens (including phenoxy) is 2. The van der Waals surface area contributed by atoms with Crippen molar-refractivity contribution in [2.24, 2.45) is 5.92 Å². The quantitative estimate of drug-likeness (QED) is 0.547. The molecule has 0 bridgehead atoms. The third-order valence-electron chi connectivity index (χ3n) is 5.09. The molecule has 0 N–H and O–H groups in total. The molecular formula is C21H26N2O6. The van der Waals surface area contributed by atoms with Gasteiger partial charge < -0.3 is 14.4 Å². The minimum Gasteiger partial charge on any atom is -0.454 e. The summed E-state index contributed by atoms with van der Waals surface area (Å²) in [5, 5.41) is 0. The van der Waals surface area contributed by atoms with Gasteiger partial charge in [-0.05, 0) is 31.9 Å². The first kappa shape index (κ1) is 21.0. The smallest absolute Gasteiger partial charge is 0.330 e. The number of hydrogen-bond donors (Lipinski definition) is 0. The first-order valence-electron chi connectivity index (χ1n) is 9.77. The molecule has 1 aromatic rings. The molecule has 0 aromatic heterocycles. The molecule has 0 saturated carbocycles. The average molecular weight is 402 g/mol. The SMILES string of the molecule is CC(C)[C@H](C(=O)OCC(=O)N1C[C@H](C)O[C@@H](C)C1)N1C(=O)c2ccccc2C1=O. The van der Waals surface area contributed by atoms with Crippen molar-refractivity contribution in [1.82, 2.24) is 9.80 Å². The van der Waals surface area contributed by atoms with Crippen molar-refractivity contribution < 1.29 is 28.7 Å². The van der Waals surface area contributed by atoms with E-state index in [4.69, 9.17) is 9.47 Å². The molecule has 2 aliphatic rings. The summed E-state index contributed by atoms with van der Waals surface area (Å²) in [5.41, 5.74) is 0.534. The van der Waals surface area contributed by atoms with Crippen LogP contribution in [0.2, 0.25) is 0 Å². The van der Waals surface area contributed by atoms with Crippen LogP contribution < -0.4 is 0 Å². The molecule has 0 spiro atoms. The van der Waals surface area contributed by atoms with Crippen molar-refractivity contribution in [3.8, 4) is 0 Å². The summed E-state index contributed by atoms with van der Waals surface area (Å²) in [6.45, 7) is 7.60. The monoisotopic (exact) mass is 402 g/mol. The maximum absolute atomic E-state index is 12.8. The van der Waals surface area contributed by atoms with Gasteiger partial charge in [0.25, 0.3) is 17.7 Å². The number of imide groups is 1. The highest BCUT2D eigenvalue weighted by Gasteiger charge is 2.44. The van der Waals surface area contributed by atoms with E-state index in [-0.39, 0.29) is 35.2 Å². The van der Waals surface area contributed by atoms with Gasteiger partial charge in [-0.1, -0.05) is 26.0 Å². The number of amides is 3. The zero-order valence-corrected chi connectivity index (χ0v) is 17.1. The molecule has 2 heterocycles. The van der Waals surface area contributed by atoms with E-state index in [1.165, 1.54) is 0 Å². The third kappa shape index (κ3) is 4.17. The van der Waals surface area contributed by atoms with E-state index < -0.39 is 30.4 Å². The molecule has 0 radical (unpaired) electrons. The van der Waals surface area contributed by atoms with Crippen LogP contribution in [0.3, 0.4) is 0 Å². The Bertz CT molecular complexity index is 791. The molecule has 1 aromatic carbocycles. The highest BCUT2D eigenvalue weighted by molar-refractivity contribution is 6.22. The van der Waals surface area contributed by atoms with Gasteiger partial charge in [-0.15, -0.1) is 0 Å². The largest absolute Gasteiger partial charge is 0.454 e. The van der Waals surface area contributed by atoms with Gasteiger partial charge >= 0.3 is 5.97 Å². The van der Waals surface area contributed by atoms with Crippen molar-refractivity contribution in [1.29, 1.82) is 0 Å². The number of carbonyl (C=O) groups is 4. The van der Waals surface area contributed by atoms with Crippen LogP contribution in [0.15, 0.2) is 24.3 Å². The van der Waals surface area contributed by atoms with E-state index in [1.54, 1.807) is 43.0 Å². The van der Waals surface area contributed by atoms with Gasteiger partial charge in [0.05, 0.1) is 23.3 Å². The Hall–Kier alpha value is -2.74. The van der Waals surface area contributed by atoms with Crippen LogP contribution in [-0.2, 0) is 19.1 Å². The van der Waals surface area contributed by atoms with Crippen LogP contribution in [0, 0.1) is 5.92 Å². The van der Waals surface area contributed by atoms with Gasteiger partial charge in [-0.2, -0.15) is 0 Å². The summed E-state index contributed by atoms with van der Waals surface area (Å²) >= 11 is 0. The molecule has 3 atom stereocenters. The standard InChI is InChI=1S/C21H26N2O6/c1-12(2)18(23-19(25)15-7-5-6-8-16(15)20(23)26)21(27)28-11-17(24)22-9-13(3)29-14(4)10-22/h5-8,12-14,18H,9-11H2,1-4H3/t13-,14-,18+/m0/s1. The van der Waals surface area contributed by atoms with E-state index >= 15 is 0 Å². The van der Waals surface area contributed by atoms with Crippen molar-refractivity contribution in [2.75, 3.05) is 19.7 Å². The first-order chi connectivity index (χ1) is 13.7. The van der Waals surface area contributed by atoms with Crippen molar-refractivity contribution in [3.05, 3.63) is 35.4 Å². The number of benzene rings is 1. The summed E-state index contributed by atoms with van der Waals surface area (Å²) in [7, 11) is 0. The number of nitrogens with zero attached hydrogens (tertiary/aromatic N) is 2. The number of rotatable bonds is 5. The van der Waals surface area contributed by atoms with Crippen LogP contribution in [0.25, 0.3) is 0 Å². The zero-order valence-electron chi connectivity index (χ0n) is 17.1. The predicted molar refractivity (Wildman–Crippen MR) is 103 cm³/mol. The molecule has 3 rings (SSSR count). The van der Waals surface area contributed by atoms with Crippen molar-refractivity contribution in [3.63, 3.8) is 0 Å². The van der Waals surface area contributed by atoms with Crippen LogP contribution in [0.1, 0.15) is 48.4 Å². The number of carbonyl (C=O) groups excluding carboxylic acids is 4. The van der Waals surface area contributed by atoms with Crippen LogP contribution >= 0.6 is 0 Å². The van der Waals surface area contributed by atoms with E-state index in [0.717, 1.165) is 4.90 Å². The lowest BCUT2D eigenvalue weighted by Crippen LogP contribution is -2.51. The molecule has 156 valence electrons. The lowest BCUT2D eigenvalue weighted by Gasteiger charge is -2.35. The molecule has 8 nitrogen and oxygen atoms in total. The van der Waals surface area contributed by atoms with E-state index in [2.05, 4.69) is 0 Å². The maximum Gasteiger partial charge on any atom is 0.330 e. The Morgan fingerprint density at radius 2 is 1.59 bits per heavy atom. The van der Waals surface area contributed by atoms with Gasteiger partial charge in [-0.25, -0.2) is 4.79 Å². The second-order valence-corrected chi connectivity index (χ2v) is 7.88. The Labute approximate surface area is 169 Å². The van der Waals surface area contributed by atoms with Gasteiger partial charge in [0.1, 0.15) is 6.04 Å². The summed E-state index contributed by atoms with van der Waals surface area (Å²) in [4.78, 5) is 53.2. The lowest BCUT2D eigenvalue weighted by atomic mass is 10.0. The molecule has 0 unspecified atom stereocenters. The van der Waals surface area contributed by atoms with Gasteiger partial charge in [0, 0.05) is 13.1 Å². The molecule has 8 heteroatoms. The van der Waals surface area contributed by atoms with Gasteiger partial charge in [0.2, 0.25) is 0 Å². The second-order valence-electron chi connectivity index (χ2n) is 7.88. The molecule has 29 heavy (non-hydrogen) atoms. The topological polar surface area (TPSA) is 93.2 Å². The van der Waals surface area contributed by atoms with Crippen molar-refractivity contribution in [2.45, 2.75) is 45.9 Å². The summed E-state index contributed by atoms with van der Waals surface area (Å²) in [6.07, 6.45) is -0.194. The van der Waals surface area contributed by atoms with Crippen LogP contribution in [-0.4, -0.2) is 71.4 Å². The molecule has 0 aliphatic carbocycles. The highest BCUT2D eigenvalue weighted by Crippen LogP contribution is 2.27. The number of hydrogen-bond acceptors (Lipinski definition) is 6. The van der Waals surface area contributed by atoms with Crippen LogP contribution in [0.5, 0.6) is 0 Å². The molecular weight excluding hydrogens is 376 g/mol. The Balaban J connectivity index is 1.69. The molecule has 3 amide bonds. The van der Waals surface area contributed by atoms with Gasteiger partial charge in [0.15, 0.2) is 6.61 Å². The predicted octanol–water partition coefficient (Wildman–Crippen LogP) is 1.49. The fourth-order valence-corrected chi connectivity index (χ4v) is 3.83. The minimum atomic E-state index is -1.10. The van der Waals surface area contributed by atoms with E-state index in [9.17, 15) is 19.2 Å². The summed E-state index contributed by atoms with van der Waals surface area (Å²) in [5.74, 6) is -2.52. The average Bonchev–Trinajstić information content (AvgIpc) is 2.91. The number of morpholine rings is 1. The number of esters is 1. The Morgan fingerprint density at radius 1 is 1.07 bits per heavy atom. The highest BCUT2D eigenvalue weighted by atomic mass is 16.5.